The van der Waals surface area contributed by atoms with E-state index in [0.717, 1.165) is 19.3 Å². The third kappa shape index (κ3) is 1.49. The molecule has 1 fully saturated rings. The molecule has 2 N–H and O–H groups in total. The van der Waals surface area contributed by atoms with Crippen LogP contribution in [-0.4, -0.2) is 22.8 Å². The molecule has 1 saturated carbocycles. The van der Waals surface area contributed by atoms with Crippen LogP contribution in [0.1, 0.15) is 33.1 Å². The van der Waals surface area contributed by atoms with E-state index in [1.165, 1.54) is 0 Å². The average molecular weight is 196 g/mol. The van der Waals surface area contributed by atoms with Gasteiger partial charge < -0.3 is 10.5 Å². The minimum atomic E-state index is -0.871. The van der Waals surface area contributed by atoms with Gasteiger partial charge in [0.2, 0.25) is 0 Å². The molecule has 0 radical (unpaired) electrons. The van der Waals surface area contributed by atoms with Gasteiger partial charge >= 0.3 is 5.97 Å². The minimum absolute atomic E-state index is 0.125. The van der Waals surface area contributed by atoms with E-state index < -0.39 is 5.97 Å². The van der Waals surface area contributed by atoms with Crippen LogP contribution in [0.2, 0.25) is 0 Å². The van der Waals surface area contributed by atoms with Gasteiger partial charge in [-0.15, -0.1) is 0 Å². The number of nitrogens with zero attached hydrogens (tertiary/aromatic N) is 1. The van der Waals surface area contributed by atoms with Crippen LogP contribution < -0.4 is 5.43 Å². The molecule has 1 aliphatic heterocycles. The van der Waals surface area contributed by atoms with E-state index in [1.807, 2.05) is 0 Å². The minimum Gasteiger partial charge on any atom is -0.477 e. The molecule has 0 saturated heterocycles. The Balaban J connectivity index is 2.11. The molecule has 2 atom stereocenters. The Labute approximate surface area is 83.4 Å². The zero-order valence-corrected chi connectivity index (χ0v) is 8.58. The summed E-state index contributed by atoms with van der Waals surface area (Å²) in [5.74, 6) is -0.745. The Hall–Kier alpha value is -1.06. The second-order valence-electron chi connectivity index (χ2n) is 5.05. The second-order valence-corrected chi connectivity index (χ2v) is 5.05. The van der Waals surface area contributed by atoms with Crippen molar-refractivity contribution < 1.29 is 9.90 Å². The van der Waals surface area contributed by atoms with E-state index in [1.54, 1.807) is 0 Å². The van der Waals surface area contributed by atoms with Crippen LogP contribution in [0.25, 0.3) is 0 Å². The normalized spacial score (nSPS) is 34.3. The van der Waals surface area contributed by atoms with Crippen LogP contribution in [0.15, 0.2) is 5.10 Å². The first-order valence-corrected chi connectivity index (χ1v) is 5.06. The van der Waals surface area contributed by atoms with Crippen LogP contribution >= 0.6 is 0 Å². The summed E-state index contributed by atoms with van der Waals surface area (Å²) in [6, 6.07) is 0.241. The molecular weight excluding hydrogens is 180 g/mol. The van der Waals surface area contributed by atoms with Gasteiger partial charge in [-0.1, -0.05) is 13.8 Å². The van der Waals surface area contributed by atoms with Gasteiger partial charge in [-0.3, -0.25) is 0 Å². The molecule has 0 aromatic heterocycles. The molecule has 78 valence electrons. The molecule has 0 unspecified atom stereocenters. The zero-order chi connectivity index (χ0) is 10.3. The number of hydrogen-bond donors (Lipinski definition) is 2. The summed E-state index contributed by atoms with van der Waals surface area (Å²) in [5.41, 5.74) is 3.59. The van der Waals surface area contributed by atoms with Crippen molar-refractivity contribution in [3.8, 4) is 0 Å². The summed E-state index contributed by atoms with van der Waals surface area (Å²) in [5, 5.41) is 12.8. The topological polar surface area (TPSA) is 61.7 Å². The molecule has 0 aromatic carbocycles. The van der Waals surface area contributed by atoms with Gasteiger partial charge in [-0.25, -0.2) is 4.79 Å². The molecule has 2 aliphatic rings. The predicted molar refractivity (Wildman–Crippen MR) is 53.1 cm³/mol. The molecule has 4 nitrogen and oxygen atoms in total. The van der Waals surface area contributed by atoms with E-state index in [-0.39, 0.29) is 12.0 Å². The van der Waals surface area contributed by atoms with Gasteiger partial charge in [-0.05, 0) is 24.7 Å². The van der Waals surface area contributed by atoms with Crippen molar-refractivity contribution in [2.75, 3.05) is 0 Å². The first-order chi connectivity index (χ1) is 6.49. The molecule has 1 heterocycles. The number of aliphatic carboxylic acids is 1. The quantitative estimate of drug-likeness (QED) is 0.663. The van der Waals surface area contributed by atoms with Crippen molar-refractivity contribution in [2.45, 2.75) is 39.2 Å². The van der Waals surface area contributed by atoms with Gasteiger partial charge in [0.25, 0.3) is 0 Å². The lowest BCUT2D eigenvalue weighted by atomic mass is 9.69. The maximum absolute atomic E-state index is 10.8. The molecule has 0 bridgehead atoms. The van der Waals surface area contributed by atoms with Crippen LogP contribution in [-0.2, 0) is 4.79 Å². The SMILES string of the molecule is CC1(C)CC[C@@H]2C(C(=O)O)=NN[C@@H]2C1. The molecule has 1 aliphatic carbocycles. The van der Waals surface area contributed by atoms with Gasteiger partial charge in [0.15, 0.2) is 0 Å². The summed E-state index contributed by atoms with van der Waals surface area (Å²) in [4.78, 5) is 10.8. The second kappa shape index (κ2) is 2.97. The maximum atomic E-state index is 10.8. The summed E-state index contributed by atoms with van der Waals surface area (Å²) >= 11 is 0. The fourth-order valence-electron chi connectivity index (χ4n) is 2.49. The van der Waals surface area contributed by atoms with Crippen LogP contribution in [0, 0.1) is 11.3 Å². The first kappa shape index (κ1) is 9.49. The highest BCUT2D eigenvalue weighted by atomic mass is 16.4. The summed E-state index contributed by atoms with van der Waals surface area (Å²) in [6.45, 7) is 4.45. The fourth-order valence-corrected chi connectivity index (χ4v) is 2.49. The van der Waals surface area contributed by atoms with E-state index >= 15 is 0 Å². The van der Waals surface area contributed by atoms with Gasteiger partial charge in [-0.2, -0.15) is 5.10 Å². The predicted octanol–water partition coefficient (Wildman–Crippen LogP) is 1.23. The standard InChI is InChI=1S/C10H16N2O2/c1-10(2)4-3-6-7(5-10)11-12-8(6)9(13)14/h6-7,11H,3-5H2,1-2H3,(H,13,14)/t6-,7+/m0/s1. The zero-order valence-electron chi connectivity index (χ0n) is 8.58. The van der Waals surface area contributed by atoms with E-state index in [2.05, 4.69) is 24.4 Å². The smallest absolute Gasteiger partial charge is 0.352 e. The van der Waals surface area contributed by atoms with Gasteiger partial charge in [0.05, 0.1) is 6.04 Å². The fraction of sp³-hybridized carbons (Fsp3) is 0.800. The number of carboxylic acid groups (broad SMARTS) is 1. The molecule has 2 rings (SSSR count). The van der Waals surface area contributed by atoms with Gasteiger partial charge in [0.1, 0.15) is 5.71 Å². The lowest BCUT2D eigenvalue weighted by Crippen LogP contribution is -2.40. The Morgan fingerprint density at radius 1 is 1.64 bits per heavy atom. The van der Waals surface area contributed by atoms with Gasteiger partial charge in [0, 0.05) is 5.92 Å². The highest BCUT2D eigenvalue weighted by molar-refractivity contribution is 6.37. The lowest BCUT2D eigenvalue weighted by molar-refractivity contribution is -0.129. The number of hydrazone groups is 1. The molecular formula is C10H16N2O2. The van der Waals surface area contributed by atoms with Crippen molar-refractivity contribution in [3.63, 3.8) is 0 Å². The summed E-state index contributed by atoms with van der Waals surface area (Å²) < 4.78 is 0. The van der Waals surface area contributed by atoms with Crippen LogP contribution in [0.5, 0.6) is 0 Å². The highest BCUT2D eigenvalue weighted by Crippen LogP contribution is 2.40. The van der Waals surface area contributed by atoms with Crippen molar-refractivity contribution in [2.24, 2.45) is 16.4 Å². The molecule has 0 spiro atoms. The molecule has 0 amide bonds. The molecule has 0 aromatic rings. The number of carbonyl (C=O) groups is 1. The van der Waals surface area contributed by atoms with E-state index in [9.17, 15) is 4.79 Å². The van der Waals surface area contributed by atoms with Crippen LogP contribution in [0.3, 0.4) is 0 Å². The average Bonchev–Trinajstić information content (AvgIpc) is 2.44. The number of rotatable bonds is 1. The van der Waals surface area contributed by atoms with Crippen molar-refractivity contribution in [3.05, 3.63) is 0 Å². The third-order valence-corrected chi connectivity index (χ3v) is 3.31. The van der Waals surface area contributed by atoms with Crippen molar-refractivity contribution in [1.29, 1.82) is 0 Å². The first-order valence-electron chi connectivity index (χ1n) is 5.06. The van der Waals surface area contributed by atoms with E-state index in [4.69, 9.17) is 5.11 Å². The van der Waals surface area contributed by atoms with E-state index in [0.29, 0.717) is 11.1 Å². The Bertz CT molecular complexity index is 296. The highest BCUT2D eigenvalue weighted by Gasteiger charge is 2.42. The Kier molecular flexibility index (Phi) is 2.01. The third-order valence-electron chi connectivity index (χ3n) is 3.31. The monoisotopic (exact) mass is 196 g/mol. The maximum Gasteiger partial charge on any atom is 0.352 e. The molecule has 4 heteroatoms. The summed E-state index contributed by atoms with van der Waals surface area (Å²) in [7, 11) is 0. The number of carboxylic acids is 1. The number of hydrogen-bond acceptors (Lipinski definition) is 3. The van der Waals surface area contributed by atoms with Crippen LogP contribution in [0.4, 0.5) is 0 Å². The Morgan fingerprint density at radius 3 is 3.00 bits per heavy atom. The number of fused-ring (bicyclic) bond motifs is 1. The number of nitrogens with one attached hydrogen (secondary N) is 1. The van der Waals surface area contributed by atoms with Crippen molar-refractivity contribution >= 4 is 11.7 Å². The summed E-state index contributed by atoms with van der Waals surface area (Å²) in [6.07, 6.45) is 3.04. The lowest BCUT2D eigenvalue weighted by Gasteiger charge is -2.36. The Morgan fingerprint density at radius 2 is 2.36 bits per heavy atom. The van der Waals surface area contributed by atoms with Crippen molar-refractivity contribution in [1.82, 2.24) is 5.43 Å². The molecule has 14 heavy (non-hydrogen) atoms. The largest absolute Gasteiger partial charge is 0.477 e.